The third-order valence-electron chi connectivity index (χ3n) is 3.55. The fourth-order valence-corrected chi connectivity index (χ4v) is 2.02. The van der Waals surface area contributed by atoms with Gasteiger partial charge in [0.2, 0.25) is 0 Å². The molecule has 114 valence electrons. The minimum atomic E-state index is -0.842. The van der Waals surface area contributed by atoms with Crippen molar-refractivity contribution in [2.75, 3.05) is 26.7 Å². The third-order valence-corrected chi connectivity index (χ3v) is 3.55. The van der Waals surface area contributed by atoms with E-state index in [-0.39, 0.29) is 5.97 Å². The van der Waals surface area contributed by atoms with Crippen LogP contribution >= 0.6 is 0 Å². The second-order valence-electron chi connectivity index (χ2n) is 5.87. The first-order valence-electron chi connectivity index (χ1n) is 7.48. The Morgan fingerprint density at radius 2 is 2.00 bits per heavy atom. The lowest BCUT2D eigenvalue weighted by molar-refractivity contribution is -0.149. The topological polar surface area (TPSA) is 55.6 Å². The number of hydrogen-bond donors (Lipinski definition) is 1. The van der Waals surface area contributed by atoms with Crippen molar-refractivity contribution in [1.82, 2.24) is 4.90 Å². The molecule has 0 aromatic heterocycles. The Balaban J connectivity index is 3.81. The van der Waals surface area contributed by atoms with Crippen LogP contribution in [0.25, 0.3) is 0 Å². The Morgan fingerprint density at radius 3 is 2.53 bits per heavy atom. The second kappa shape index (κ2) is 9.32. The van der Waals surface area contributed by atoms with E-state index in [1.54, 1.807) is 13.8 Å². The van der Waals surface area contributed by atoms with E-state index < -0.39 is 5.54 Å². The Labute approximate surface area is 118 Å². The lowest BCUT2D eigenvalue weighted by Crippen LogP contribution is -2.46. The van der Waals surface area contributed by atoms with Crippen molar-refractivity contribution < 1.29 is 9.53 Å². The molecule has 0 aromatic rings. The van der Waals surface area contributed by atoms with Crippen LogP contribution in [0.2, 0.25) is 0 Å². The summed E-state index contributed by atoms with van der Waals surface area (Å²) in [6, 6.07) is 0. The van der Waals surface area contributed by atoms with Gasteiger partial charge in [0.05, 0.1) is 6.61 Å². The van der Waals surface area contributed by atoms with Crippen molar-refractivity contribution in [3.8, 4) is 0 Å². The highest BCUT2D eigenvalue weighted by atomic mass is 16.5. The number of nitrogens with zero attached hydrogens (tertiary/aromatic N) is 1. The molecule has 0 rings (SSSR count). The molecule has 0 aromatic carbocycles. The van der Waals surface area contributed by atoms with Crippen LogP contribution in [0.4, 0.5) is 0 Å². The molecule has 19 heavy (non-hydrogen) atoms. The van der Waals surface area contributed by atoms with Crippen LogP contribution < -0.4 is 5.73 Å². The van der Waals surface area contributed by atoms with Crippen molar-refractivity contribution in [1.29, 1.82) is 0 Å². The summed E-state index contributed by atoms with van der Waals surface area (Å²) >= 11 is 0. The van der Waals surface area contributed by atoms with Gasteiger partial charge in [0.25, 0.3) is 0 Å². The minimum Gasteiger partial charge on any atom is -0.465 e. The number of ether oxygens (including phenoxy) is 1. The van der Waals surface area contributed by atoms with Gasteiger partial charge in [-0.1, -0.05) is 20.3 Å². The number of hydrogen-bond acceptors (Lipinski definition) is 4. The summed E-state index contributed by atoms with van der Waals surface area (Å²) in [5.41, 5.74) is 5.14. The van der Waals surface area contributed by atoms with E-state index >= 15 is 0 Å². The van der Waals surface area contributed by atoms with Gasteiger partial charge in [0, 0.05) is 6.54 Å². The Hall–Kier alpha value is -0.610. The molecule has 0 saturated heterocycles. The molecule has 0 radical (unpaired) electrons. The number of carbonyl (C=O) groups is 1. The monoisotopic (exact) mass is 272 g/mol. The first-order chi connectivity index (χ1) is 8.83. The van der Waals surface area contributed by atoms with E-state index in [0.717, 1.165) is 31.8 Å². The van der Waals surface area contributed by atoms with Gasteiger partial charge in [-0.05, 0) is 52.6 Å². The van der Waals surface area contributed by atoms with Crippen LogP contribution in [-0.2, 0) is 9.53 Å². The number of unbranched alkanes of at least 4 members (excludes halogenated alkanes) is 1. The largest absolute Gasteiger partial charge is 0.465 e. The molecule has 0 aliphatic heterocycles. The van der Waals surface area contributed by atoms with Crippen molar-refractivity contribution in [2.24, 2.45) is 11.7 Å². The molecule has 0 heterocycles. The first-order valence-corrected chi connectivity index (χ1v) is 7.48. The lowest BCUT2D eigenvalue weighted by atomic mass is 9.96. The van der Waals surface area contributed by atoms with Crippen molar-refractivity contribution in [3.05, 3.63) is 0 Å². The molecule has 2 N–H and O–H groups in total. The molecule has 0 fully saturated rings. The molecule has 0 spiro atoms. The zero-order valence-electron chi connectivity index (χ0n) is 13.4. The molecule has 0 bridgehead atoms. The van der Waals surface area contributed by atoms with E-state index in [1.807, 2.05) is 0 Å². The number of rotatable bonds is 10. The van der Waals surface area contributed by atoms with Gasteiger partial charge in [-0.15, -0.1) is 0 Å². The van der Waals surface area contributed by atoms with Crippen LogP contribution in [0.5, 0.6) is 0 Å². The molecule has 4 heteroatoms. The van der Waals surface area contributed by atoms with E-state index in [2.05, 4.69) is 25.8 Å². The van der Waals surface area contributed by atoms with Gasteiger partial charge >= 0.3 is 5.97 Å². The van der Waals surface area contributed by atoms with Crippen LogP contribution in [0.1, 0.15) is 53.4 Å². The number of carbonyl (C=O) groups excluding carboxylic acids is 1. The molecule has 2 atom stereocenters. The smallest absolute Gasteiger partial charge is 0.325 e. The van der Waals surface area contributed by atoms with Gasteiger partial charge in [0.1, 0.15) is 5.54 Å². The SMILES string of the molecule is CCOC(=O)C(C)(N)CCCCN(C)CC(C)CC. The van der Waals surface area contributed by atoms with Crippen LogP contribution in [0, 0.1) is 5.92 Å². The molecule has 2 unspecified atom stereocenters. The number of nitrogens with two attached hydrogens (primary N) is 1. The van der Waals surface area contributed by atoms with Gasteiger partial charge in [-0.2, -0.15) is 0 Å². The van der Waals surface area contributed by atoms with E-state index in [9.17, 15) is 4.79 Å². The van der Waals surface area contributed by atoms with E-state index in [1.165, 1.54) is 6.42 Å². The number of esters is 1. The van der Waals surface area contributed by atoms with Crippen LogP contribution in [-0.4, -0.2) is 43.2 Å². The van der Waals surface area contributed by atoms with E-state index in [0.29, 0.717) is 13.0 Å². The van der Waals surface area contributed by atoms with Crippen molar-refractivity contribution in [3.63, 3.8) is 0 Å². The summed E-state index contributed by atoms with van der Waals surface area (Å²) < 4.78 is 4.98. The maximum absolute atomic E-state index is 11.6. The van der Waals surface area contributed by atoms with Crippen molar-refractivity contribution in [2.45, 2.75) is 58.9 Å². The van der Waals surface area contributed by atoms with Crippen LogP contribution in [0.3, 0.4) is 0 Å². The lowest BCUT2D eigenvalue weighted by Gasteiger charge is -2.23. The minimum absolute atomic E-state index is 0.289. The highest BCUT2D eigenvalue weighted by molar-refractivity contribution is 5.79. The highest BCUT2D eigenvalue weighted by Crippen LogP contribution is 2.13. The average molecular weight is 272 g/mol. The molecule has 4 nitrogen and oxygen atoms in total. The third kappa shape index (κ3) is 8.22. The summed E-state index contributed by atoms with van der Waals surface area (Å²) in [4.78, 5) is 14.0. The Kier molecular flexibility index (Phi) is 9.02. The fraction of sp³-hybridized carbons (Fsp3) is 0.933. The van der Waals surface area contributed by atoms with E-state index in [4.69, 9.17) is 10.5 Å². The molecule has 0 aliphatic rings. The Morgan fingerprint density at radius 1 is 1.37 bits per heavy atom. The molecule has 0 aliphatic carbocycles. The summed E-state index contributed by atoms with van der Waals surface area (Å²) in [5.74, 6) is 0.451. The van der Waals surface area contributed by atoms with Gasteiger partial charge in [-0.25, -0.2) is 0 Å². The van der Waals surface area contributed by atoms with Crippen LogP contribution in [0.15, 0.2) is 0 Å². The van der Waals surface area contributed by atoms with Gasteiger partial charge < -0.3 is 15.4 Å². The Bertz CT molecular complexity index is 255. The molecular weight excluding hydrogens is 240 g/mol. The average Bonchev–Trinajstić information content (AvgIpc) is 2.34. The fourth-order valence-electron chi connectivity index (χ4n) is 2.02. The summed E-state index contributed by atoms with van der Waals surface area (Å²) in [6.45, 7) is 10.6. The summed E-state index contributed by atoms with van der Waals surface area (Å²) in [6.07, 6.45) is 3.92. The molecule has 0 saturated carbocycles. The molecular formula is C15H32N2O2. The molecule has 0 amide bonds. The standard InChI is InChI=1S/C15H32N2O2/c1-6-13(3)12-17(5)11-9-8-10-15(4,16)14(18)19-7-2/h13H,6-12,16H2,1-5H3. The maximum Gasteiger partial charge on any atom is 0.325 e. The summed E-state index contributed by atoms with van der Waals surface area (Å²) in [7, 11) is 2.15. The second-order valence-corrected chi connectivity index (χ2v) is 5.87. The predicted molar refractivity (Wildman–Crippen MR) is 80.0 cm³/mol. The summed E-state index contributed by atoms with van der Waals surface area (Å²) in [5, 5.41) is 0. The van der Waals surface area contributed by atoms with Gasteiger partial charge in [-0.3, -0.25) is 4.79 Å². The highest BCUT2D eigenvalue weighted by Gasteiger charge is 2.29. The van der Waals surface area contributed by atoms with Crippen molar-refractivity contribution >= 4 is 5.97 Å². The zero-order valence-corrected chi connectivity index (χ0v) is 13.4. The van der Waals surface area contributed by atoms with Gasteiger partial charge in [0.15, 0.2) is 0 Å². The normalized spacial score (nSPS) is 16.2. The quantitative estimate of drug-likeness (QED) is 0.490. The maximum atomic E-state index is 11.6. The first kappa shape index (κ1) is 18.4. The zero-order chi connectivity index (χ0) is 14.9. The predicted octanol–water partition coefficient (Wildman–Crippen LogP) is 2.42.